The minimum Gasteiger partial charge on any atom is -0.320 e. The molecule has 6 heteroatoms. The third-order valence-corrected chi connectivity index (χ3v) is 3.43. The van der Waals surface area contributed by atoms with Crippen LogP contribution in [0.15, 0.2) is 35.2 Å². The molecule has 0 spiro atoms. The van der Waals surface area contributed by atoms with Crippen molar-refractivity contribution >= 4 is 15.9 Å². The van der Waals surface area contributed by atoms with Gasteiger partial charge in [0.25, 0.3) is 15.9 Å². The van der Waals surface area contributed by atoms with Crippen LogP contribution in [-0.4, -0.2) is 20.4 Å². The van der Waals surface area contributed by atoms with E-state index in [1.54, 1.807) is 25.1 Å². The van der Waals surface area contributed by atoms with Crippen molar-refractivity contribution < 1.29 is 13.2 Å². The summed E-state index contributed by atoms with van der Waals surface area (Å²) in [6.07, 6.45) is 0.385. The van der Waals surface area contributed by atoms with Crippen LogP contribution in [0.2, 0.25) is 0 Å². The highest BCUT2D eigenvalue weighted by Gasteiger charge is 2.20. The summed E-state index contributed by atoms with van der Waals surface area (Å²) >= 11 is 0. The molecule has 0 radical (unpaired) electrons. The Bertz CT molecular complexity index is 456. The van der Waals surface area contributed by atoms with Crippen molar-refractivity contribution in [3.8, 4) is 0 Å². The van der Waals surface area contributed by atoms with Gasteiger partial charge in [0.1, 0.15) is 0 Å². The zero-order chi connectivity index (χ0) is 12.2. The highest BCUT2D eigenvalue weighted by Crippen LogP contribution is 2.07. The molecule has 1 aromatic rings. The Hall–Kier alpha value is -1.40. The highest BCUT2D eigenvalue weighted by atomic mass is 32.2. The van der Waals surface area contributed by atoms with E-state index in [1.165, 1.54) is 12.1 Å². The van der Waals surface area contributed by atoms with E-state index >= 15 is 0 Å². The SMILES string of the molecule is CCC(N)C(=O)NS(=O)(=O)c1ccccc1. The molecule has 0 aliphatic heterocycles. The largest absolute Gasteiger partial charge is 0.320 e. The first-order valence-electron chi connectivity index (χ1n) is 4.84. The number of rotatable bonds is 4. The molecule has 88 valence electrons. The second kappa shape index (κ2) is 5.09. The lowest BCUT2D eigenvalue weighted by Crippen LogP contribution is -2.42. The number of carbonyl (C=O) groups is 1. The smallest absolute Gasteiger partial charge is 0.264 e. The molecule has 1 rings (SSSR count). The maximum atomic E-state index is 11.7. The second-order valence-corrected chi connectivity index (χ2v) is 4.98. The number of carbonyl (C=O) groups excluding carboxylic acids is 1. The van der Waals surface area contributed by atoms with Crippen molar-refractivity contribution in [1.29, 1.82) is 0 Å². The van der Waals surface area contributed by atoms with E-state index in [9.17, 15) is 13.2 Å². The van der Waals surface area contributed by atoms with Gasteiger partial charge in [0, 0.05) is 0 Å². The number of nitrogens with two attached hydrogens (primary N) is 1. The molecule has 0 aromatic heterocycles. The third kappa shape index (κ3) is 3.04. The fraction of sp³-hybridized carbons (Fsp3) is 0.300. The summed E-state index contributed by atoms with van der Waals surface area (Å²) in [4.78, 5) is 11.4. The van der Waals surface area contributed by atoms with Crippen LogP contribution in [0.25, 0.3) is 0 Å². The predicted octanol–water partition coefficient (Wildman–Crippen LogP) is 0.229. The van der Waals surface area contributed by atoms with E-state index in [0.717, 1.165) is 0 Å². The lowest BCUT2D eigenvalue weighted by molar-refractivity contribution is -0.120. The Kier molecular flexibility index (Phi) is 4.03. The van der Waals surface area contributed by atoms with Crippen molar-refractivity contribution in [3.05, 3.63) is 30.3 Å². The number of hydrogen-bond donors (Lipinski definition) is 2. The topological polar surface area (TPSA) is 89.3 Å². The van der Waals surface area contributed by atoms with Crippen LogP contribution in [0.1, 0.15) is 13.3 Å². The second-order valence-electron chi connectivity index (χ2n) is 3.30. The van der Waals surface area contributed by atoms with Gasteiger partial charge in [-0.2, -0.15) is 0 Å². The molecule has 0 fully saturated rings. The van der Waals surface area contributed by atoms with Crippen molar-refractivity contribution in [2.24, 2.45) is 5.73 Å². The van der Waals surface area contributed by atoms with Gasteiger partial charge in [-0.05, 0) is 18.6 Å². The molecule has 16 heavy (non-hydrogen) atoms. The molecule has 1 unspecified atom stereocenters. The Balaban J connectivity index is 2.86. The van der Waals surface area contributed by atoms with Crippen LogP contribution in [0.4, 0.5) is 0 Å². The molecule has 0 aliphatic carbocycles. The first kappa shape index (κ1) is 12.7. The van der Waals surface area contributed by atoms with Crippen molar-refractivity contribution in [3.63, 3.8) is 0 Å². The van der Waals surface area contributed by atoms with Gasteiger partial charge in [-0.15, -0.1) is 0 Å². The van der Waals surface area contributed by atoms with E-state index < -0.39 is 22.0 Å². The molecule has 3 N–H and O–H groups in total. The molecular formula is C10H14N2O3S. The molecule has 5 nitrogen and oxygen atoms in total. The van der Waals surface area contributed by atoms with Gasteiger partial charge in [-0.3, -0.25) is 4.79 Å². The summed E-state index contributed by atoms with van der Waals surface area (Å²) in [7, 11) is -3.79. The summed E-state index contributed by atoms with van der Waals surface area (Å²) in [6, 6.07) is 6.87. The Morgan fingerprint density at radius 3 is 2.44 bits per heavy atom. The average Bonchev–Trinajstić information content (AvgIpc) is 2.28. The zero-order valence-corrected chi connectivity index (χ0v) is 9.70. The summed E-state index contributed by atoms with van der Waals surface area (Å²) < 4.78 is 25.3. The minimum absolute atomic E-state index is 0.0478. The van der Waals surface area contributed by atoms with E-state index in [1.807, 2.05) is 4.72 Å². The van der Waals surface area contributed by atoms with Gasteiger partial charge in [0.15, 0.2) is 0 Å². The Labute approximate surface area is 94.7 Å². The van der Waals surface area contributed by atoms with Crippen LogP contribution in [0, 0.1) is 0 Å². The molecule has 1 amide bonds. The van der Waals surface area contributed by atoms with E-state index in [4.69, 9.17) is 5.73 Å². The van der Waals surface area contributed by atoms with Crippen LogP contribution in [0.3, 0.4) is 0 Å². The van der Waals surface area contributed by atoms with E-state index in [0.29, 0.717) is 6.42 Å². The van der Waals surface area contributed by atoms with Crippen LogP contribution >= 0.6 is 0 Å². The minimum atomic E-state index is -3.79. The van der Waals surface area contributed by atoms with Crippen molar-refractivity contribution in [1.82, 2.24) is 4.72 Å². The maximum absolute atomic E-state index is 11.7. The molecule has 1 aromatic carbocycles. The first-order chi connectivity index (χ1) is 7.47. The van der Waals surface area contributed by atoms with Crippen molar-refractivity contribution in [2.45, 2.75) is 24.3 Å². The Morgan fingerprint density at radius 1 is 1.38 bits per heavy atom. The fourth-order valence-corrected chi connectivity index (χ4v) is 2.10. The maximum Gasteiger partial charge on any atom is 0.264 e. The van der Waals surface area contributed by atoms with Crippen molar-refractivity contribution in [2.75, 3.05) is 0 Å². The third-order valence-electron chi connectivity index (χ3n) is 2.07. The zero-order valence-electron chi connectivity index (χ0n) is 8.88. The Morgan fingerprint density at radius 2 is 1.94 bits per heavy atom. The number of nitrogens with one attached hydrogen (secondary N) is 1. The first-order valence-corrected chi connectivity index (χ1v) is 6.33. The monoisotopic (exact) mass is 242 g/mol. The number of amides is 1. The number of hydrogen-bond acceptors (Lipinski definition) is 4. The van der Waals surface area contributed by atoms with E-state index in [-0.39, 0.29) is 4.90 Å². The molecule has 0 heterocycles. The van der Waals surface area contributed by atoms with Crippen LogP contribution < -0.4 is 10.5 Å². The summed E-state index contributed by atoms with van der Waals surface area (Å²) in [5, 5.41) is 0. The lowest BCUT2D eigenvalue weighted by Gasteiger charge is -2.10. The molecule has 0 saturated carbocycles. The highest BCUT2D eigenvalue weighted by molar-refractivity contribution is 7.90. The molecule has 0 bridgehead atoms. The molecular weight excluding hydrogens is 228 g/mol. The molecule has 0 aliphatic rings. The molecule has 1 atom stereocenters. The average molecular weight is 242 g/mol. The predicted molar refractivity (Wildman–Crippen MR) is 60.0 cm³/mol. The van der Waals surface area contributed by atoms with Crippen LogP contribution in [-0.2, 0) is 14.8 Å². The number of sulfonamides is 1. The fourth-order valence-electron chi connectivity index (χ4n) is 1.05. The summed E-state index contributed by atoms with van der Waals surface area (Å²) in [5.74, 6) is -0.689. The lowest BCUT2D eigenvalue weighted by atomic mass is 10.2. The van der Waals surface area contributed by atoms with Gasteiger partial charge in [0.2, 0.25) is 0 Å². The number of benzene rings is 1. The quantitative estimate of drug-likeness (QED) is 0.791. The van der Waals surface area contributed by atoms with Gasteiger partial charge >= 0.3 is 0 Å². The van der Waals surface area contributed by atoms with Crippen LogP contribution in [0.5, 0.6) is 0 Å². The summed E-state index contributed by atoms with van der Waals surface area (Å²) in [5.41, 5.74) is 5.43. The molecule has 0 saturated heterocycles. The van der Waals surface area contributed by atoms with Gasteiger partial charge < -0.3 is 5.73 Å². The van der Waals surface area contributed by atoms with Gasteiger partial charge in [-0.25, -0.2) is 13.1 Å². The van der Waals surface area contributed by atoms with Gasteiger partial charge in [-0.1, -0.05) is 25.1 Å². The van der Waals surface area contributed by atoms with E-state index in [2.05, 4.69) is 0 Å². The van der Waals surface area contributed by atoms with Gasteiger partial charge in [0.05, 0.1) is 10.9 Å². The summed E-state index contributed by atoms with van der Waals surface area (Å²) in [6.45, 7) is 1.71. The normalized spacial score (nSPS) is 13.1. The standard InChI is InChI=1S/C10H14N2O3S/c1-2-9(11)10(13)12-16(14,15)8-6-4-3-5-7-8/h3-7,9H,2,11H2,1H3,(H,12,13).